The van der Waals surface area contributed by atoms with E-state index in [0.29, 0.717) is 19.4 Å². The number of hydrogen-bond donors (Lipinski definition) is 1. The fourth-order valence-electron chi connectivity index (χ4n) is 6.63. The Morgan fingerprint density at radius 3 is 2.16 bits per heavy atom. The molecule has 1 aliphatic heterocycles. The Morgan fingerprint density at radius 2 is 1.68 bits per heavy atom. The number of carbonyl (C=O) groups excluding carboxylic acids is 1. The number of nitrogens with zero attached hydrogens (tertiary/aromatic N) is 1. The molecule has 2 unspecified atom stereocenters. The van der Waals surface area contributed by atoms with Gasteiger partial charge < -0.3 is 10.0 Å². The van der Waals surface area contributed by atoms with E-state index in [2.05, 4.69) is 0 Å². The second-order valence-corrected chi connectivity index (χ2v) is 9.15. The van der Waals surface area contributed by atoms with Crippen molar-refractivity contribution >= 4 is 11.9 Å². The molecule has 0 aromatic heterocycles. The normalized spacial score (nSPS) is 45.8. The van der Waals surface area contributed by atoms with E-state index in [0.717, 1.165) is 6.42 Å². The zero-order valence-electron chi connectivity index (χ0n) is 14.3. The Hall–Kier alpha value is -1.27. The highest BCUT2D eigenvalue weighted by atomic mass is 19.4. The van der Waals surface area contributed by atoms with Crippen LogP contribution in [0.3, 0.4) is 0 Å². The van der Waals surface area contributed by atoms with Crippen molar-refractivity contribution in [1.82, 2.24) is 4.90 Å². The molecule has 0 aromatic carbocycles. The minimum absolute atomic E-state index is 0.0258. The zero-order chi connectivity index (χ0) is 18.2. The summed E-state index contributed by atoms with van der Waals surface area (Å²) in [6.45, 7) is 2.26. The van der Waals surface area contributed by atoms with E-state index in [9.17, 15) is 27.9 Å². The summed E-state index contributed by atoms with van der Waals surface area (Å²) in [5.74, 6) is -1.98. The molecular formula is C18H24F3NO3. The standard InChI is InChI=1S/C18H24F3NO3/c1-10-7-22(8-13(10)14(23)24)15(25)16-3-11-2-12(4-16)6-17(5-11,9-16)18(19,20)21/h10-13H,2-9H2,1H3,(H,23,24)/t10-,11?,12?,13-,16?,17?/m1/s1. The monoisotopic (exact) mass is 359 g/mol. The van der Waals surface area contributed by atoms with E-state index in [1.165, 1.54) is 0 Å². The molecule has 7 heteroatoms. The van der Waals surface area contributed by atoms with Gasteiger partial charge in [-0.3, -0.25) is 9.59 Å². The van der Waals surface area contributed by atoms with E-state index in [1.54, 1.807) is 11.8 Å². The van der Waals surface area contributed by atoms with Crippen molar-refractivity contribution < 1.29 is 27.9 Å². The molecule has 5 aliphatic rings. The molecular weight excluding hydrogens is 335 g/mol. The van der Waals surface area contributed by atoms with Gasteiger partial charge in [-0.25, -0.2) is 0 Å². The van der Waals surface area contributed by atoms with E-state index in [-0.39, 0.29) is 49.5 Å². The molecule has 4 bridgehead atoms. The van der Waals surface area contributed by atoms with Gasteiger partial charge in [0.15, 0.2) is 0 Å². The number of alkyl halides is 3. The molecule has 4 aliphatic carbocycles. The van der Waals surface area contributed by atoms with Gasteiger partial charge in [0, 0.05) is 13.1 Å². The number of carboxylic acids is 1. The number of rotatable bonds is 2. The van der Waals surface area contributed by atoms with Gasteiger partial charge in [0.1, 0.15) is 0 Å². The summed E-state index contributed by atoms with van der Waals surface area (Å²) in [5.41, 5.74) is -2.63. The third kappa shape index (κ3) is 2.40. The number of carboxylic acid groups (broad SMARTS) is 1. The first-order chi connectivity index (χ1) is 11.6. The van der Waals surface area contributed by atoms with Crippen molar-refractivity contribution in [3.63, 3.8) is 0 Å². The molecule has 25 heavy (non-hydrogen) atoms. The first-order valence-electron chi connectivity index (χ1n) is 9.14. The van der Waals surface area contributed by atoms with Gasteiger partial charge >= 0.3 is 12.1 Å². The summed E-state index contributed by atoms with van der Waals surface area (Å²) in [7, 11) is 0. The molecule has 0 spiro atoms. The van der Waals surface area contributed by atoms with E-state index >= 15 is 0 Å². The molecule has 0 radical (unpaired) electrons. The van der Waals surface area contributed by atoms with Crippen LogP contribution in [0.4, 0.5) is 13.2 Å². The summed E-state index contributed by atoms with van der Waals surface area (Å²) in [6, 6.07) is 0. The number of aliphatic carboxylic acids is 1. The summed E-state index contributed by atoms with van der Waals surface area (Å²) < 4.78 is 41.5. The minimum Gasteiger partial charge on any atom is -0.481 e. The lowest BCUT2D eigenvalue weighted by Gasteiger charge is -2.61. The second kappa shape index (κ2) is 5.13. The van der Waals surface area contributed by atoms with Gasteiger partial charge in [0.05, 0.1) is 16.7 Å². The van der Waals surface area contributed by atoms with Gasteiger partial charge in [-0.15, -0.1) is 0 Å². The van der Waals surface area contributed by atoms with Crippen LogP contribution in [0.5, 0.6) is 0 Å². The Kier molecular flexibility index (Phi) is 3.52. The third-order valence-electron chi connectivity index (χ3n) is 7.33. The lowest BCUT2D eigenvalue weighted by atomic mass is 9.43. The van der Waals surface area contributed by atoms with Crippen molar-refractivity contribution in [1.29, 1.82) is 0 Å². The molecule has 4 nitrogen and oxygen atoms in total. The lowest BCUT2D eigenvalue weighted by Crippen LogP contribution is -2.61. The van der Waals surface area contributed by atoms with Gasteiger partial charge in [-0.2, -0.15) is 13.2 Å². The number of carbonyl (C=O) groups is 2. The predicted molar refractivity (Wildman–Crippen MR) is 82.5 cm³/mol. The van der Waals surface area contributed by atoms with Crippen LogP contribution in [0.2, 0.25) is 0 Å². The molecule has 5 fully saturated rings. The second-order valence-electron chi connectivity index (χ2n) is 9.15. The highest BCUT2D eigenvalue weighted by Gasteiger charge is 2.69. The van der Waals surface area contributed by atoms with Gasteiger partial charge in [0.2, 0.25) is 5.91 Å². The summed E-state index contributed by atoms with van der Waals surface area (Å²) in [6.07, 6.45) is -2.14. The summed E-state index contributed by atoms with van der Waals surface area (Å²) >= 11 is 0. The molecule has 4 saturated carbocycles. The quantitative estimate of drug-likeness (QED) is 0.823. The molecule has 0 aromatic rings. The highest BCUT2D eigenvalue weighted by Crippen LogP contribution is 2.69. The first kappa shape index (κ1) is 17.2. The highest BCUT2D eigenvalue weighted by molar-refractivity contribution is 5.85. The number of halogens is 3. The molecule has 140 valence electrons. The predicted octanol–water partition coefficient (Wildman–Crippen LogP) is 3.31. The SMILES string of the molecule is C[C@@H]1CN(C(=O)C23CC4CC(C2)CC(C(F)(F)F)(C4)C3)C[C@H]1C(=O)O. The fourth-order valence-corrected chi connectivity index (χ4v) is 6.63. The van der Waals surface area contributed by atoms with Crippen LogP contribution in [0, 0.1) is 34.5 Å². The summed E-state index contributed by atoms with van der Waals surface area (Å²) in [4.78, 5) is 26.1. The van der Waals surface area contributed by atoms with Gasteiger partial charge in [0.25, 0.3) is 0 Å². The maximum atomic E-state index is 13.8. The Balaban J connectivity index is 1.62. The van der Waals surface area contributed by atoms with Crippen molar-refractivity contribution in [3.05, 3.63) is 0 Å². The van der Waals surface area contributed by atoms with Crippen LogP contribution >= 0.6 is 0 Å². The van der Waals surface area contributed by atoms with Crippen LogP contribution < -0.4 is 0 Å². The average Bonchev–Trinajstić information content (AvgIpc) is 2.86. The third-order valence-corrected chi connectivity index (χ3v) is 7.33. The molecule has 1 saturated heterocycles. The molecule has 4 atom stereocenters. The van der Waals surface area contributed by atoms with Crippen LogP contribution in [-0.4, -0.2) is 41.1 Å². The van der Waals surface area contributed by atoms with E-state index in [1.807, 2.05) is 0 Å². The Labute approximate surface area is 144 Å². The smallest absolute Gasteiger partial charge is 0.394 e. The topological polar surface area (TPSA) is 57.6 Å². The van der Waals surface area contributed by atoms with Crippen molar-refractivity contribution in [2.45, 2.75) is 51.6 Å². The number of amides is 1. The fraction of sp³-hybridized carbons (Fsp3) is 0.889. The van der Waals surface area contributed by atoms with Crippen LogP contribution in [0.15, 0.2) is 0 Å². The van der Waals surface area contributed by atoms with Gasteiger partial charge in [-0.1, -0.05) is 6.92 Å². The molecule has 5 rings (SSSR count). The maximum Gasteiger partial charge on any atom is 0.394 e. The Bertz CT molecular complexity index is 603. The average molecular weight is 359 g/mol. The van der Waals surface area contributed by atoms with Crippen molar-refractivity contribution in [3.8, 4) is 0 Å². The van der Waals surface area contributed by atoms with Gasteiger partial charge in [-0.05, 0) is 56.3 Å². The van der Waals surface area contributed by atoms with Crippen molar-refractivity contribution in [2.75, 3.05) is 13.1 Å². The Morgan fingerprint density at radius 1 is 1.08 bits per heavy atom. The van der Waals surface area contributed by atoms with E-state index < -0.39 is 28.9 Å². The molecule has 1 heterocycles. The summed E-state index contributed by atoms with van der Waals surface area (Å²) in [5, 5.41) is 9.28. The maximum absolute atomic E-state index is 13.8. The van der Waals surface area contributed by atoms with Crippen molar-refractivity contribution in [2.24, 2.45) is 34.5 Å². The molecule has 1 amide bonds. The number of likely N-dealkylation sites (tertiary alicyclic amines) is 1. The lowest BCUT2D eigenvalue weighted by molar-refractivity contribution is -0.284. The largest absolute Gasteiger partial charge is 0.481 e. The minimum atomic E-state index is -4.27. The van der Waals surface area contributed by atoms with Crippen LogP contribution in [0.1, 0.15) is 45.4 Å². The van der Waals surface area contributed by atoms with E-state index in [4.69, 9.17) is 0 Å². The number of hydrogen-bond acceptors (Lipinski definition) is 2. The van der Waals surface area contributed by atoms with Crippen LogP contribution in [-0.2, 0) is 9.59 Å². The first-order valence-corrected chi connectivity index (χ1v) is 9.14. The zero-order valence-corrected chi connectivity index (χ0v) is 14.3. The molecule has 1 N–H and O–H groups in total. The van der Waals surface area contributed by atoms with Crippen LogP contribution in [0.25, 0.3) is 0 Å².